The topological polar surface area (TPSA) is 77.5 Å². The number of carbonyl (C=O) groups excluding carboxylic acids is 1. The minimum absolute atomic E-state index is 0. The molecule has 0 radical (unpaired) electrons. The Labute approximate surface area is 168 Å². The van der Waals surface area contributed by atoms with Crippen molar-refractivity contribution in [2.45, 2.75) is 39.2 Å². The molecule has 0 spiro atoms. The lowest BCUT2D eigenvalue weighted by atomic mass is 10.0. The highest BCUT2D eigenvalue weighted by atomic mass is 35.5. The van der Waals surface area contributed by atoms with Crippen LogP contribution in [0.5, 0.6) is 0 Å². The van der Waals surface area contributed by atoms with Crippen molar-refractivity contribution in [1.29, 1.82) is 0 Å². The first-order chi connectivity index (χ1) is 11.6. The van der Waals surface area contributed by atoms with Gasteiger partial charge >= 0.3 is 0 Å². The number of pyridine rings is 1. The van der Waals surface area contributed by atoms with Gasteiger partial charge in [0, 0.05) is 37.9 Å². The molecule has 1 aliphatic heterocycles. The second kappa shape index (κ2) is 12.9. The van der Waals surface area contributed by atoms with Gasteiger partial charge in [-0.2, -0.15) is 0 Å². The van der Waals surface area contributed by atoms with E-state index in [1.165, 1.54) is 25.5 Å². The van der Waals surface area contributed by atoms with E-state index >= 15 is 0 Å². The van der Waals surface area contributed by atoms with Crippen LogP contribution in [0.4, 0.5) is 5.82 Å². The number of hydrogen-bond acceptors (Lipinski definition) is 5. The molecule has 0 saturated carbocycles. The molecule has 0 aromatic carbocycles. The molecule has 2 heterocycles. The number of rotatable bonds is 8. The zero-order valence-corrected chi connectivity index (χ0v) is 17.0. The summed E-state index contributed by atoms with van der Waals surface area (Å²) >= 11 is 0. The van der Waals surface area contributed by atoms with Gasteiger partial charge in [-0.25, -0.2) is 10.5 Å². The Bertz CT molecular complexity index is 551. The number of anilines is 1. The lowest BCUT2D eigenvalue weighted by Gasteiger charge is -2.22. The number of nitrogens with zero attached hydrogens (tertiary/aromatic N) is 2. The smallest absolute Gasteiger partial charge is 0.267 e. The summed E-state index contributed by atoms with van der Waals surface area (Å²) in [6.45, 7) is 7.94. The lowest BCUT2D eigenvalue weighted by Crippen LogP contribution is -2.30. The summed E-state index contributed by atoms with van der Waals surface area (Å²) in [5, 5.41) is 11.9. The Morgan fingerprint density at radius 3 is 2.69 bits per heavy atom. The third kappa shape index (κ3) is 7.91. The maximum atomic E-state index is 10.9. The number of amides is 1. The van der Waals surface area contributed by atoms with Gasteiger partial charge in [0.15, 0.2) is 0 Å². The van der Waals surface area contributed by atoms with Crippen LogP contribution < -0.4 is 10.8 Å². The number of hydrogen-bond donors (Lipinski definition) is 3. The predicted octanol–water partition coefficient (Wildman–Crippen LogP) is 3.37. The number of carbonyl (C=O) groups is 1. The molecule has 0 bridgehead atoms. The minimum Gasteiger partial charge on any atom is -0.366 e. The Morgan fingerprint density at radius 1 is 1.38 bits per heavy atom. The second-order valence-corrected chi connectivity index (χ2v) is 6.36. The van der Waals surface area contributed by atoms with Gasteiger partial charge in [0.05, 0.1) is 0 Å². The summed E-state index contributed by atoms with van der Waals surface area (Å²) in [6, 6.07) is 4.25. The molecule has 0 aliphatic carbocycles. The van der Waals surface area contributed by atoms with Gasteiger partial charge in [-0.1, -0.05) is 26.7 Å². The van der Waals surface area contributed by atoms with Crippen LogP contribution in [0.2, 0.25) is 0 Å². The van der Waals surface area contributed by atoms with Gasteiger partial charge < -0.3 is 10.2 Å². The molecule has 2 rings (SSSR count). The fraction of sp³-hybridized carbons (Fsp3) is 0.556. The van der Waals surface area contributed by atoms with Crippen molar-refractivity contribution < 1.29 is 10.0 Å². The summed E-state index contributed by atoms with van der Waals surface area (Å²) in [4.78, 5) is 17.9. The highest BCUT2D eigenvalue weighted by Gasteiger charge is 2.23. The molecular formula is C18H30Cl2N4O2. The SMILES string of the molecule is CCC(CC)CN1CC[C@@H](Nc2ccc(/C=C/C(=O)NO)cn2)C1.Cl.Cl. The molecule has 0 unspecified atom stereocenters. The molecule has 1 atom stereocenters. The van der Waals surface area contributed by atoms with E-state index in [4.69, 9.17) is 5.21 Å². The van der Waals surface area contributed by atoms with Crippen LogP contribution in [0.1, 0.15) is 38.7 Å². The van der Waals surface area contributed by atoms with Crippen LogP contribution in [-0.4, -0.2) is 46.7 Å². The first-order valence-electron chi connectivity index (χ1n) is 8.71. The van der Waals surface area contributed by atoms with Crippen LogP contribution in [0.25, 0.3) is 6.08 Å². The van der Waals surface area contributed by atoms with Crippen molar-refractivity contribution in [3.05, 3.63) is 30.0 Å². The minimum atomic E-state index is -0.555. The summed E-state index contributed by atoms with van der Waals surface area (Å²) in [7, 11) is 0. The summed E-state index contributed by atoms with van der Waals surface area (Å²) in [5.41, 5.74) is 2.37. The van der Waals surface area contributed by atoms with Crippen LogP contribution in [0.15, 0.2) is 24.4 Å². The van der Waals surface area contributed by atoms with Gasteiger partial charge in [-0.05, 0) is 36.1 Å². The zero-order chi connectivity index (χ0) is 17.4. The van der Waals surface area contributed by atoms with Gasteiger partial charge in [0.2, 0.25) is 0 Å². The third-order valence-corrected chi connectivity index (χ3v) is 4.62. The van der Waals surface area contributed by atoms with Crippen molar-refractivity contribution in [1.82, 2.24) is 15.4 Å². The normalized spacial score (nSPS) is 17.0. The van der Waals surface area contributed by atoms with Crippen molar-refractivity contribution >= 4 is 42.6 Å². The van der Waals surface area contributed by atoms with Gasteiger partial charge in [-0.3, -0.25) is 10.0 Å². The monoisotopic (exact) mass is 404 g/mol. The Balaban J connectivity index is 0.00000312. The van der Waals surface area contributed by atoms with E-state index in [0.29, 0.717) is 6.04 Å². The molecule has 1 fully saturated rings. The van der Waals surface area contributed by atoms with Gasteiger partial charge in [-0.15, -0.1) is 24.8 Å². The van der Waals surface area contributed by atoms with Crippen LogP contribution in [-0.2, 0) is 4.79 Å². The molecule has 1 aliphatic rings. The van der Waals surface area contributed by atoms with Crippen LogP contribution in [0, 0.1) is 5.92 Å². The first kappa shape index (κ1) is 24.7. The van der Waals surface area contributed by atoms with E-state index in [2.05, 4.69) is 29.0 Å². The van der Waals surface area contributed by atoms with Crippen molar-refractivity contribution in [2.75, 3.05) is 25.0 Å². The third-order valence-electron chi connectivity index (χ3n) is 4.62. The summed E-state index contributed by atoms with van der Waals surface area (Å²) < 4.78 is 0. The van der Waals surface area contributed by atoms with E-state index in [1.54, 1.807) is 17.8 Å². The van der Waals surface area contributed by atoms with Gasteiger partial charge in [0.25, 0.3) is 5.91 Å². The molecule has 1 aromatic heterocycles. The molecule has 148 valence electrons. The Morgan fingerprint density at radius 2 is 2.12 bits per heavy atom. The average Bonchev–Trinajstić information content (AvgIpc) is 3.05. The number of nitrogens with one attached hydrogen (secondary N) is 2. The molecule has 6 nitrogen and oxygen atoms in total. The molecule has 1 saturated heterocycles. The highest BCUT2D eigenvalue weighted by molar-refractivity contribution is 5.90. The zero-order valence-electron chi connectivity index (χ0n) is 15.4. The predicted molar refractivity (Wildman–Crippen MR) is 110 cm³/mol. The Kier molecular flexibility index (Phi) is 12.3. The maximum absolute atomic E-state index is 10.9. The van der Waals surface area contributed by atoms with E-state index in [9.17, 15) is 4.79 Å². The van der Waals surface area contributed by atoms with E-state index in [1.807, 2.05) is 12.1 Å². The molecule has 1 aromatic rings. The fourth-order valence-electron chi connectivity index (χ4n) is 3.04. The van der Waals surface area contributed by atoms with Gasteiger partial charge in [0.1, 0.15) is 5.82 Å². The molecule has 1 amide bonds. The Hall–Kier alpha value is -1.34. The van der Waals surface area contributed by atoms with Crippen molar-refractivity contribution in [3.8, 4) is 0 Å². The number of hydroxylamine groups is 1. The molecule has 3 N–H and O–H groups in total. The number of aromatic nitrogens is 1. The number of halogens is 2. The number of likely N-dealkylation sites (tertiary alicyclic amines) is 1. The van der Waals surface area contributed by atoms with Crippen LogP contribution >= 0.6 is 24.8 Å². The van der Waals surface area contributed by atoms with E-state index < -0.39 is 5.91 Å². The first-order valence-corrected chi connectivity index (χ1v) is 8.71. The molecule has 8 heteroatoms. The highest BCUT2D eigenvalue weighted by Crippen LogP contribution is 2.18. The molecular weight excluding hydrogens is 375 g/mol. The van der Waals surface area contributed by atoms with E-state index in [-0.39, 0.29) is 24.8 Å². The quantitative estimate of drug-likeness (QED) is 0.351. The summed E-state index contributed by atoms with van der Waals surface area (Å²) in [6.07, 6.45) is 8.21. The van der Waals surface area contributed by atoms with Crippen molar-refractivity contribution in [3.63, 3.8) is 0 Å². The average molecular weight is 405 g/mol. The standard InChI is InChI=1S/C18H28N4O2.2ClH/c1-3-14(4-2)12-22-10-9-16(13-22)20-17-7-5-15(11-19-17)6-8-18(23)21-24;;/h5-8,11,14,16,24H,3-4,9-10,12-13H2,1-2H3,(H,19,20)(H,21,23);2*1H/b8-6+;;/t16-;;/m1../s1. The van der Waals surface area contributed by atoms with Crippen LogP contribution in [0.3, 0.4) is 0 Å². The van der Waals surface area contributed by atoms with Crippen molar-refractivity contribution in [2.24, 2.45) is 5.92 Å². The lowest BCUT2D eigenvalue weighted by molar-refractivity contribution is -0.124. The van der Waals surface area contributed by atoms with E-state index in [0.717, 1.165) is 36.8 Å². The summed E-state index contributed by atoms with van der Waals surface area (Å²) in [5.74, 6) is 1.10. The fourth-order valence-corrected chi connectivity index (χ4v) is 3.04. The second-order valence-electron chi connectivity index (χ2n) is 6.36. The molecule has 26 heavy (non-hydrogen) atoms. The largest absolute Gasteiger partial charge is 0.366 e. The maximum Gasteiger partial charge on any atom is 0.267 e.